The van der Waals surface area contributed by atoms with Crippen molar-refractivity contribution in [1.82, 2.24) is 10.2 Å². The van der Waals surface area contributed by atoms with E-state index >= 15 is 0 Å². The van der Waals surface area contributed by atoms with Gasteiger partial charge >= 0.3 is 0 Å². The first-order chi connectivity index (χ1) is 9.64. The maximum absolute atomic E-state index is 12.5. The van der Waals surface area contributed by atoms with Gasteiger partial charge in [-0.2, -0.15) is 0 Å². The van der Waals surface area contributed by atoms with Gasteiger partial charge in [0, 0.05) is 17.6 Å². The van der Waals surface area contributed by atoms with Crippen LogP contribution in [0.25, 0.3) is 0 Å². The Kier molecular flexibility index (Phi) is 5.92. The molecule has 116 valence electrons. The number of hydrogen-bond donors (Lipinski definition) is 2. The topological polar surface area (TPSA) is 75.4 Å². The molecule has 0 fully saturated rings. The fourth-order valence-corrected chi connectivity index (χ4v) is 2.24. The van der Waals surface area contributed by atoms with Gasteiger partial charge in [-0.1, -0.05) is 28.1 Å². The number of amides is 2. The van der Waals surface area contributed by atoms with Gasteiger partial charge in [-0.3, -0.25) is 9.59 Å². The Hall–Kier alpha value is -1.40. The first-order valence-electron chi connectivity index (χ1n) is 6.74. The van der Waals surface area contributed by atoms with Crippen LogP contribution in [0, 0.1) is 0 Å². The zero-order valence-corrected chi connectivity index (χ0v) is 14.4. The molecule has 0 aliphatic carbocycles. The molecular formula is C15H22BrN3O2. The molecule has 6 heteroatoms. The van der Waals surface area contributed by atoms with E-state index < -0.39 is 5.54 Å². The van der Waals surface area contributed by atoms with Crippen LogP contribution >= 0.6 is 15.9 Å². The summed E-state index contributed by atoms with van der Waals surface area (Å²) in [5.41, 5.74) is 5.70. The van der Waals surface area contributed by atoms with E-state index in [1.807, 2.05) is 26.0 Å². The van der Waals surface area contributed by atoms with Crippen LogP contribution in [0.5, 0.6) is 0 Å². The molecule has 5 nitrogen and oxygen atoms in total. The van der Waals surface area contributed by atoms with E-state index in [1.54, 1.807) is 26.1 Å². The second kappa shape index (κ2) is 7.04. The van der Waals surface area contributed by atoms with Gasteiger partial charge in [-0.05, 0) is 38.5 Å². The largest absolute Gasteiger partial charge is 0.352 e. The van der Waals surface area contributed by atoms with Crippen LogP contribution in [0.15, 0.2) is 28.7 Å². The minimum atomic E-state index is -1.17. The van der Waals surface area contributed by atoms with E-state index in [4.69, 9.17) is 5.73 Å². The van der Waals surface area contributed by atoms with Crippen LogP contribution in [0.1, 0.15) is 26.3 Å². The van der Waals surface area contributed by atoms with Crippen LogP contribution < -0.4 is 11.1 Å². The van der Waals surface area contributed by atoms with E-state index in [-0.39, 0.29) is 24.4 Å². The monoisotopic (exact) mass is 355 g/mol. The molecule has 0 radical (unpaired) electrons. The summed E-state index contributed by atoms with van der Waals surface area (Å²) < 4.78 is 0.916. The number of hydrogen-bond acceptors (Lipinski definition) is 3. The quantitative estimate of drug-likeness (QED) is 0.842. The lowest BCUT2D eigenvalue weighted by Crippen LogP contribution is -2.52. The number of nitrogens with zero attached hydrogens (tertiary/aromatic N) is 1. The van der Waals surface area contributed by atoms with Crippen molar-refractivity contribution < 1.29 is 9.59 Å². The molecule has 0 aromatic heterocycles. The van der Waals surface area contributed by atoms with Gasteiger partial charge in [0.2, 0.25) is 11.8 Å². The predicted octanol–water partition coefficient (Wildman–Crippen LogP) is 1.61. The molecule has 0 bridgehead atoms. The zero-order chi connectivity index (χ0) is 16.2. The summed E-state index contributed by atoms with van der Waals surface area (Å²) in [6.45, 7) is 5.37. The summed E-state index contributed by atoms with van der Waals surface area (Å²) in [5, 5.41) is 2.75. The van der Waals surface area contributed by atoms with Crippen molar-refractivity contribution >= 4 is 27.7 Å². The highest BCUT2D eigenvalue weighted by Gasteiger charge is 2.33. The first-order valence-corrected chi connectivity index (χ1v) is 7.53. The molecule has 21 heavy (non-hydrogen) atoms. The Morgan fingerprint density at radius 1 is 1.33 bits per heavy atom. The lowest BCUT2D eigenvalue weighted by Gasteiger charge is -2.29. The highest BCUT2D eigenvalue weighted by atomic mass is 79.9. The summed E-state index contributed by atoms with van der Waals surface area (Å²) in [6.07, 6.45) is 0. The summed E-state index contributed by atoms with van der Waals surface area (Å²) >= 11 is 3.34. The normalized spacial score (nSPS) is 13.7. The highest BCUT2D eigenvalue weighted by molar-refractivity contribution is 9.10. The molecule has 1 aromatic rings. The second-order valence-electron chi connectivity index (χ2n) is 5.59. The minimum absolute atomic E-state index is 0.0136. The second-order valence-corrected chi connectivity index (χ2v) is 6.51. The van der Waals surface area contributed by atoms with E-state index in [2.05, 4.69) is 21.2 Å². The van der Waals surface area contributed by atoms with E-state index in [0.29, 0.717) is 5.56 Å². The molecule has 3 N–H and O–H groups in total. The lowest BCUT2D eigenvalue weighted by atomic mass is 9.92. The maximum atomic E-state index is 12.5. The molecule has 2 amide bonds. The smallest absolute Gasteiger partial charge is 0.247 e. The van der Waals surface area contributed by atoms with Crippen molar-refractivity contribution in [3.05, 3.63) is 34.3 Å². The molecule has 0 aliphatic heterocycles. The van der Waals surface area contributed by atoms with Crippen molar-refractivity contribution in [3.8, 4) is 0 Å². The SMILES string of the molecule is CC(C)NC(=O)CN(C)C(=O)C(C)(N)c1ccc(Br)cc1. The third kappa shape index (κ3) is 4.82. The molecule has 0 saturated heterocycles. The minimum Gasteiger partial charge on any atom is -0.352 e. The van der Waals surface area contributed by atoms with Gasteiger partial charge in [0.15, 0.2) is 0 Å². The fraction of sp³-hybridized carbons (Fsp3) is 0.467. The highest BCUT2D eigenvalue weighted by Crippen LogP contribution is 2.22. The Morgan fingerprint density at radius 3 is 2.33 bits per heavy atom. The molecule has 1 aromatic carbocycles. The zero-order valence-electron chi connectivity index (χ0n) is 12.8. The van der Waals surface area contributed by atoms with Gasteiger partial charge in [0.1, 0.15) is 5.54 Å². The van der Waals surface area contributed by atoms with Crippen molar-refractivity contribution in [3.63, 3.8) is 0 Å². The number of carbonyl (C=O) groups is 2. The number of halogens is 1. The average molecular weight is 356 g/mol. The number of nitrogens with one attached hydrogen (secondary N) is 1. The van der Waals surface area contributed by atoms with E-state index in [1.165, 1.54) is 4.90 Å². The van der Waals surface area contributed by atoms with Crippen molar-refractivity contribution in [2.45, 2.75) is 32.4 Å². The van der Waals surface area contributed by atoms with Crippen molar-refractivity contribution in [1.29, 1.82) is 0 Å². The first kappa shape index (κ1) is 17.7. The third-order valence-electron chi connectivity index (χ3n) is 3.07. The van der Waals surface area contributed by atoms with Crippen LogP contribution in [-0.2, 0) is 15.1 Å². The number of carbonyl (C=O) groups excluding carboxylic acids is 2. The van der Waals surface area contributed by atoms with Gasteiger partial charge in [0.25, 0.3) is 0 Å². The van der Waals surface area contributed by atoms with Gasteiger partial charge in [-0.25, -0.2) is 0 Å². The van der Waals surface area contributed by atoms with E-state index in [9.17, 15) is 9.59 Å². The predicted molar refractivity (Wildman–Crippen MR) is 86.6 cm³/mol. The van der Waals surface area contributed by atoms with Gasteiger partial charge in [0.05, 0.1) is 6.54 Å². The molecule has 0 spiro atoms. The molecule has 1 rings (SSSR count). The number of nitrogens with two attached hydrogens (primary N) is 1. The Balaban J connectivity index is 2.80. The third-order valence-corrected chi connectivity index (χ3v) is 3.59. The van der Waals surface area contributed by atoms with Crippen LogP contribution in [0.2, 0.25) is 0 Å². The molecule has 1 unspecified atom stereocenters. The number of rotatable bonds is 5. The number of benzene rings is 1. The van der Waals surface area contributed by atoms with Crippen molar-refractivity contribution in [2.24, 2.45) is 5.73 Å². The van der Waals surface area contributed by atoms with E-state index in [0.717, 1.165) is 4.47 Å². The van der Waals surface area contributed by atoms with Gasteiger partial charge < -0.3 is 16.0 Å². The summed E-state index contributed by atoms with van der Waals surface area (Å²) in [7, 11) is 1.58. The maximum Gasteiger partial charge on any atom is 0.247 e. The van der Waals surface area contributed by atoms with Crippen LogP contribution in [0.3, 0.4) is 0 Å². The Labute approximate surface area is 134 Å². The summed E-state index contributed by atoms with van der Waals surface area (Å²) in [5.74, 6) is -0.504. The summed E-state index contributed by atoms with van der Waals surface area (Å²) in [6, 6.07) is 7.30. The molecule has 1 atom stereocenters. The summed E-state index contributed by atoms with van der Waals surface area (Å²) in [4.78, 5) is 25.6. The lowest BCUT2D eigenvalue weighted by molar-refractivity contribution is -0.139. The van der Waals surface area contributed by atoms with Crippen molar-refractivity contribution in [2.75, 3.05) is 13.6 Å². The fourth-order valence-electron chi connectivity index (χ4n) is 1.97. The van der Waals surface area contributed by atoms with Gasteiger partial charge in [-0.15, -0.1) is 0 Å². The average Bonchev–Trinajstić information content (AvgIpc) is 2.37. The Bertz CT molecular complexity index is 512. The molecule has 0 saturated carbocycles. The number of likely N-dealkylation sites (N-methyl/N-ethyl adjacent to an activating group) is 1. The molecule has 0 heterocycles. The Morgan fingerprint density at radius 2 is 1.86 bits per heavy atom. The van der Waals surface area contributed by atoms with Crippen LogP contribution in [-0.4, -0.2) is 36.3 Å². The standard InChI is InChI=1S/C15H22BrN3O2/c1-10(2)18-13(20)9-19(4)14(21)15(3,17)11-5-7-12(16)8-6-11/h5-8,10H,9,17H2,1-4H3,(H,18,20). The molecular weight excluding hydrogens is 334 g/mol. The van der Waals surface area contributed by atoms with Crippen LogP contribution in [0.4, 0.5) is 0 Å². The molecule has 0 aliphatic rings.